The fourth-order valence-corrected chi connectivity index (χ4v) is 2.53. The molecule has 0 unspecified atom stereocenters. The Bertz CT molecular complexity index is 1000. The van der Waals surface area contributed by atoms with Crippen LogP contribution in [-0.4, -0.2) is 18.2 Å². The van der Waals surface area contributed by atoms with E-state index in [0.29, 0.717) is 17.0 Å². The van der Waals surface area contributed by atoms with E-state index < -0.39 is 5.91 Å². The largest absolute Gasteiger partial charge is 0.495 e. The summed E-state index contributed by atoms with van der Waals surface area (Å²) in [5, 5.41) is 8.18. The van der Waals surface area contributed by atoms with Crippen LogP contribution >= 0.6 is 0 Å². The number of anilines is 1. The molecule has 0 radical (unpaired) electrons. The van der Waals surface area contributed by atoms with Crippen molar-refractivity contribution in [2.45, 2.75) is 0 Å². The first-order valence-corrected chi connectivity index (χ1v) is 6.97. The van der Waals surface area contributed by atoms with Crippen molar-refractivity contribution in [3.8, 4) is 5.75 Å². The van der Waals surface area contributed by atoms with E-state index in [1.165, 1.54) is 12.3 Å². The molecule has 4 aromatic rings. The molecule has 0 saturated carbocycles. The van der Waals surface area contributed by atoms with Crippen LogP contribution in [0.2, 0.25) is 0 Å². The third-order valence-corrected chi connectivity index (χ3v) is 3.61. The highest BCUT2D eigenvalue weighted by Crippen LogP contribution is 2.36. The second-order valence-electron chi connectivity index (χ2n) is 4.98. The summed E-state index contributed by atoms with van der Waals surface area (Å²) < 4.78 is 16.1. The van der Waals surface area contributed by atoms with Crippen LogP contribution in [0.1, 0.15) is 10.6 Å². The van der Waals surface area contributed by atoms with Crippen molar-refractivity contribution < 1.29 is 18.5 Å². The molecule has 0 aliphatic heterocycles. The summed E-state index contributed by atoms with van der Waals surface area (Å²) in [4.78, 5) is 12.1. The molecule has 4 rings (SSSR count). The summed E-state index contributed by atoms with van der Waals surface area (Å²) in [5.74, 6) is 0.255. The molecule has 23 heavy (non-hydrogen) atoms. The average Bonchev–Trinajstić information content (AvgIpc) is 3.21. The summed E-state index contributed by atoms with van der Waals surface area (Å²) in [6, 6.07) is 12.8. The number of nitrogens with one attached hydrogen (secondary N) is 1. The number of furan rings is 1. The number of benzene rings is 2. The van der Waals surface area contributed by atoms with E-state index in [4.69, 9.17) is 13.7 Å². The van der Waals surface area contributed by atoms with Gasteiger partial charge in [0.2, 0.25) is 5.76 Å². The number of carbonyl (C=O) groups excluding carboxylic acids is 1. The van der Waals surface area contributed by atoms with Gasteiger partial charge in [0.05, 0.1) is 19.0 Å². The second-order valence-corrected chi connectivity index (χ2v) is 4.98. The van der Waals surface area contributed by atoms with E-state index >= 15 is 0 Å². The van der Waals surface area contributed by atoms with Gasteiger partial charge in [0, 0.05) is 22.9 Å². The van der Waals surface area contributed by atoms with Gasteiger partial charge in [-0.3, -0.25) is 4.79 Å². The van der Waals surface area contributed by atoms with E-state index in [1.54, 1.807) is 13.2 Å². The first-order valence-electron chi connectivity index (χ1n) is 6.97. The minimum absolute atomic E-state index is 0.122. The van der Waals surface area contributed by atoms with Crippen LogP contribution in [0, 0.1) is 0 Å². The molecule has 2 heterocycles. The topological polar surface area (TPSA) is 77.5 Å². The zero-order valence-electron chi connectivity index (χ0n) is 12.2. The van der Waals surface area contributed by atoms with E-state index in [-0.39, 0.29) is 5.76 Å². The van der Waals surface area contributed by atoms with Gasteiger partial charge < -0.3 is 19.0 Å². The molecule has 1 amide bonds. The number of para-hydroxylation sites is 1. The molecule has 1 N–H and O–H groups in total. The SMILES string of the molecule is COc1cc2c(cc1NC(=O)c1ccno1)oc1ccccc12. The molecule has 0 saturated heterocycles. The van der Waals surface area contributed by atoms with Crippen molar-refractivity contribution in [2.24, 2.45) is 0 Å². The predicted molar refractivity (Wildman–Crippen MR) is 84.7 cm³/mol. The Balaban J connectivity index is 1.82. The van der Waals surface area contributed by atoms with Gasteiger partial charge in [-0.15, -0.1) is 0 Å². The van der Waals surface area contributed by atoms with Gasteiger partial charge in [-0.25, -0.2) is 0 Å². The Morgan fingerprint density at radius 1 is 1.13 bits per heavy atom. The average molecular weight is 308 g/mol. The van der Waals surface area contributed by atoms with E-state index in [0.717, 1.165) is 16.4 Å². The zero-order valence-corrected chi connectivity index (χ0v) is 12.2. The minimum atomic E-state index is -0.406. The lowest BCUT2D eigenvalue weighted by Gasteiger charge is -2.09. The summed E-state index contributed by atoms with van der Waals surface area (Å²) in [5.41, 5.74) is 1.95. The van der Waals surface area contributed by atoms with Crippen molar-refractivity contribution in [1.29, 1.82) is 0 Å². The molecule has 0 aliphatic rings. The lowest BCUT2D eigenvalue weighted by atomic mass is 10.1. The third-order valence-electron chi connectivity index (χ3n) is 3.61. The standard InChI is InChI=1S/C17H12N2O4/c1-21-16-8-11-10-4-2-3-5-13(10)22-15(11)9-12(16)19-17(20)14-6-7-18-23-14/h2-9H,1H3,(H,19,20). The fourth-order valence-electron chi connectivity index (χ4n) is 2.53. The van der Waals surface area contributed by atoms with Crippen LogP contribution in [0.5, 0.6) is 5.75 Å². The quantitative estimate of drug-likeness (QED) is 0.622. The highest BCUT2D eigenvalue weighted by molar-refractivity contribution is 6.09. The van der Waals surface area contributed by atoms with Gasteiger partial charge in [-0.05, 0) is 12.1 Å². The number of aromatic nitrogens is 1. The van der Waals surface area contributed by atoms with Crippen LogP contribution < -0.4 is 10.1 Å². The van der Waals surface area contributed by atoms with Crippen LogP contribution in [0.25, 0.3) is 21.9 Å². The Kier molecular flexibility index (Phi) is 3.01. The molecule has 2 aromatic carbocycles. The van der Waals surface area contributed by atoms with Gasteiger partial charge in [-0.1, -0.05) is 23.4 Å². The number of amides is 1. The van der Waals surface area contributed by atoms with E-state index in [2.05, 4.69) is 10.5 Å². The van der Waals surface area contributed by atoms with Gasteiger partial charge in [-0.2, -0.15) is 0 Å². The first-order chi connectivity index (χ1) is 11.3. The summed E-state index contributed by atoms with van der Waals surface area (Å²) in [6.07, 6.45) is 1.41. The van der Waals surface area contributed by atoms with Crippen LogP contribution in [0.15, 0.2) is 57.6 Å². The molecule has 0 atom stereocenters. The molecule has 0 spiro atoms. The Hall–Kier alpha value is -3.28. The van der Waals surface area contributed by atoms with Crippen LogP contribution in [0.3, 0.4) is 0 Å². The minimum Gasteiger partial charge on any atom is -0.495 e. The van der Waals surface area contributed by atoms with Crippen molar-refractivity contribution in [2.75, 3.05) is 12.4 Å². The normalized spacial score (nSPS) is 11.0. The first kappa shape index (κ1) is 13.4. The lowest BCUT2D eigenvalue weighted by Crippen LogP contribution is -2.11. The maximum Gasteiger partial charge on any atom is 0.294 e. The molecule has 0 aliphatic carbocycles. The number of rotatable bonds is 3. The molecular formula is C17H12N2O4. The fraction of sp³-hybridized carbons (Fsp3) is 0.0588. The summed E-state index contributed by atoms with van der Waals surface area (Å²) in [6.45, 7) is 0. The van der Waals surface area contributed by atoms with Gasteiger partial charge in [0.1, 0.15) is 16.9 Å². The van der Waals surface area contributed by atoms with Crippen molar-refractivity contribution >= 4 is 33.5 Å². The smallest absolute Gasteiger partial charge is 0.294 e. The zero-order chi connectivity index (χ0) is 15.8. The van der Waals surface area contributed by atoms with Crippen molar-refractivity contribution in [3.05, 3.63) is 54.4 Å². The van der Waals surface area contributed by atoms with Crippen molar-refractivity contribution in [3.63, 3.8) is 0 Å². The number of ether oxygens (including phenoxy) is 1. The third kappa shape index (κ3) is 2.20. The number of nitrogens with zero attached hydrogens (tertiary/aromatic N) is 1. The Morgan fingerprint density at radius 3 is 2.78 bits per heavy atom. The lowest BCUT2D eigenvalue weighted by molar-refractivity contribution is 0.0987. The summed E-state index contributed by atoms with van der Waals surface area (Å²) in [7, 11) is 1.55. The molecule has 6 heteroatoms. The Labute approximate surface area is 130 Å². The molecular weight excluding hydrogens is 296 g/mol. The van der Waals surface area contributed by atoms with Gasteiger partial charge in [0.25, 0.3) is 5.91 Å². The Morgan fingerprint density at radius 2 is 2.00 bits per heavy atom. The number of methoxy groups -OCH3 is 1. The number of fused-ring (bicyclic) bond motifs is 3. The number of carbonyl (C=O) groups is 1. The highest BCUT2D eigenvalue weighted by Gasteiger charge is 2.16. The molecule has 6 nitrogen and oxygen atoms in total. The van der Waals surface area contributed by atoms with E-state index in [9.17, 15) is 4.79 Å². The molecule has 2 aromatic heterocycles. The second kappa shape index (κ2) is 5.17. The number of hydrogen-bond acceptors (Lipinski definition) is 5. The van der Waals surface area contributed by atoms with Crippen molar-refractivity contribution in [1.82, 2.24) is 5.16 Å². The van der Waals surface area contributed by atoms with Crippen LogP contribution in [-0.2, 0) is 0 Å². The molecule has 114 valence electrons. The van der Waals surface area contributed by atoms with Gasteiger partial charge >= 0.3 is 0 Å². The van der Waals surface area contributed by atoms with E-state index in [1.807, 2.05) is 30.3 Å². The number of hydrogen-bond donors (Lipinski definition) is 1. The molecule has 0 fully saturated rings. The monoisotopic (exact) mass is 308 g/mol. The van der Waals surface area contributed by atoms with Crippen LogP contribution in [0.4, 0.5) is 5.69 Å². The molecule has 0 bridgehead atoms. The van der Waals surface area contributed by atoms with Gasteiger partial charge in [0.15, 0.2) is 0 Å². The predicted octanol–water partition coefficient (Wildman–Crippen LogP) is 3.83. The summed E-state index contributed by atoms with van der Waals surface area (Å²) >= 11 is 0. The maximum absolute atomic E-state index is 12.1. The maximum atomic E-state index is 12.1. The highest BCUT2D eigenvalue weighted by atomic mass is 16.5.